The van der Waals surface area contributed by atoms with Crippen LogP contribution in [-0.2, 0) is 29.4 Å². The third-order valence-electron chi connectivity index (χ3n) is 6.15. The van der Waals surface area contributed by atoms with E-state index in [0.29, 0.717) is 31.8 Å². The van der Waals surface area contributed by atoms with Crippen LogP contribution in [0.2, 0.25) is 0 Å². The fraction of sp³-hybridized carbons (Fsp3) is 0.545. The van der Waals surface area contributed by atoms with E-state index in [-0.39, 0.29) is 5.75 Å². The second-order valence-electron chi connectivity index (χ2n) is 8.34. The molecule has 2 aliphatic rings. The minimum Gasteiger partial charge on any atom is -0.373 e. The predicted molar refractivity (Wildman–Crippen MR) is 119 cm³/mol. The highest BCUT2D eigenvalue weighted by atomic mass is 32.2. The van der Waals surface area contributed by atoms with Gasteiger partial charge < -0.3 is 10.2 Å². The van der Waals surface area contributed by atoms with Gasteiger partial charge in [0.25, 0.3) is 0 Å². The topological polar surface area (TPSA) is 78.4 Å². The maximum atomic E-state index is 13.0. The first-order chi connectivity index (χ1) is 14.5. The number of nitrogens with one attached hydrogen (secondary N) is 1. The van der Waals surface area contributed by atoms with Crippen molar-refractivity contribution in [2.24, 2.45) is 0 Å². The second kappa shape index (κ2) is 8.99. The molecule has 0 radical (unpaired) electrons. The monoisotopic (exact) mass is 429 g/mol. The molecule has 0 saturated carbocycles. The first-order valence-corrected chi connectivity index (χ1v) is 12.3. The maximum absolute atomic E-state index is 13.0. The SMILES string of the molecule is CNc1nc([C@@H]2CCCN(C)C2)nc2c1CN(S(=O)(=O)CCc1ccccc1)CC2. The lowest BCUT2D eigenvalue weighted by Crippen LogP contribution is -2.39. The summed E-state index contributed by atoms with van der Waals surface area (Å²) in [4.78, 5) is 12.0. The third-order valence-corrected chi connectivity index (χ3v) is 7.97. The molecule has 8 heteroatoms. The Morgan fingerprint density at radius 1 is 1.17 bits per heavy atom. The van der Waals surface area contributed by atoms with Crippen molar-refractivity contribution in [3.8, 4) is 0 Å². The summed E-state index contributed by atoms with van der Waals surface area (Å²) in [5, 5.41) is 3.19. The van der Waals surface area contributed by atoms with Crippen LogP contribution in [0.5, 0.6) is 0 Å². The van der Waals surface area contributed by atoms with Gasteiger partial charge in [-0.15, -0.1) is 0 Å². The highest BCUT2D eigenvalue weighted by Gasteiger charge is 2.31. The Labute approximate surface area is 179 Å². The number of hydrogen-bond donors (Lipinski definition) is 1. The average Bonchev–Trinajstić information content (AvgIpc) is 2.77. The van der Waals surface area contributed by atoms with Crippen molar-refractivity contribution >= 4 is 15.8 Å². The van der Waals surface area contributed by atoms with Crippen LogP contribution in [0.25, 0.3) is 0 Å². The van der Waals surface area contributed by atoms with Gasteiger partial charge in [-0.05, 0) is 38.4 Å². The van der Waals surface area contributed by atoms with E-state index < -0.39 is 10.0 Å². The van der Waals surface area contributed by atoms with Crippen molar-refractivity contribution in [3.63, 3.8) is 0 Å². The number of likely N-dealkylation sites (N-methyl/N-ethyl adjacent to an activating group) is 1. The predicted octanol–water partition coefficient (Wildman–Crippen LogP) is 2.26. The lowest BCUT2D eigenvalue weighted by atomic mass is 9.97. The summed E-state index contributed by atoms with van der Waals surface area (Å²) in [7, 11) is 0.646. The molecule has 1 aromatic carbocycles. The number of sulfonamides is 1. The van der Waals surface area contributed by atoms with Gasteiger partial charge in [0.1, 0.15) is 11.6 Å². The van der Waals surface area contributed by atoms with E-state index in [1.54, 1.807) is 4.31 Å². The first-order valence-electron chi connectivity index (χ1n) is 10.7. The standard InChI is InChI=1S/C22H31N5O2S/c1-23-22-19-16-27(30(28,29)14-11-17-7-4-3-5-8-17)13-10-20(19)24-21(25-22)18-9-6-12-26(2)15-18/h3-5,7-8,18H,6,9-16H2,1-2H3,(H,23,24,25)/t18-/m1/s1. The molecule has 7 nitrogen and oxygen atoms in total. The van der Waals surface area contributed by atoms with E-state index in [4.69, 9.17) is 9.97 Å². The number of nitrogens with zero attached hydrogens (tertiary/aromatic N) is 4. The van der Waals surface area contributed by atoms with Gasteiger partial charge in [0.2, 0.25) is 10.0 Å². The number of aryl methyl sites for hydroxylation is 1. The minimum absolute atomic E-state index is 0.120. The number of fused-ring (bicyclic) bond motifs is 1. The second-order valence-corrected chi connectivity index (χ2v) is 10.4. The Kier molecular flexibility index (Phi) is 6.36. The molecule has 0 bridgehead atoms. The smallest absolute Gasteiger partial charge is 0.214 e. The van der Waals surface area contributed by atoms with Crippen molar-refractivity contribution in [1.82, 2.24) is 19.2 Å². The molecular weight excluding hydrogens is 398 g/mol. The Bertz CT molecular complexity index is 963. The fourth-order valence-corrected chi connectivity index (χ4v) is 5.88. The zero-order valence-corrected chi connectivity index (χ0v) is 18.7. The van der Waals surface area contributed by atoms with Crippen LogP contribution >= 0.6 is 0 Å². The molecule has 1 N–H and O–H groups in total. The van der Waals surface area contributed by atoms with Crippen LogP contribution in [0.3, 0.4) is 0 Å². The molecule has 30 heavy (non-hydrogen) atoms. The molecule has 3 heterocycles. The van der Waals surface area contributed by atoms with Gasteiger partial charge in [0.05, 0.1) is 11.4 Å². The Hall–Kier alpha value is -2.03. The zero-order chi connectivity index (χ0) is 21.1. The van der Waals surface area contributed by atoms with Crippen molar-refractivity contribution < 1.29 is 8.42 Å². The molecule has 4 rings (SSSR count). The third kappa shape index (κ3) is 4.66. The van der Waals surface area contributed by atoms with Crippen LogP contribution in [0.15, 0.2) is 30.3 Å². The van der Waals surface area contributed by atoms with Crippen LogP contribution in [0.4, 0.5) is 5.82 Å². The molecule has 1 atom stereocenters. The van der Waals surface area contributed by atoms with Crippen LogP contribution in [0.1, 0.15) is 41.4 Å². The van der Waals surface area contributed by atoms with Gasteiger partial charge in [-0.2, -0.15) is 4.31 Å². The molecule has 0 amide bonds. The van der Waals surface area contributed by atoms with Gasteiger partial charge >= 0.3 is 0 Å². The van der Waals surface area contributed by atoms with Crippen molar-refractivity contribution in [2.75, 3.05) is 44.8 Å². The number of likely N-dealkylation sites (tertiary alicyclic amines) is 1. The van der Waals surface area contributed by atoms with E-state index in [1.807, 2.05) is 37.4 Å². The summed E-state index contributed by atoms with van der Waals surface area (Å²) in [5.74, 6) is 2.12. The van der Waals surface area contributed by atoms with Crippen LogP contribution in [-0.4, -0.2) is 67.1 Å². The summed E-state index contributed by atoms with van der Waals surface area (Å²) >= 11 is 0. The molecule has 2 aliphatic heterocycles. The van der Waals surface area contributed by atoms with E-state index >= 15 is 0 Å². The van der Waals surface area contributed by atoms with E-state index in [0.717, 1.165) is 54.4 Å². The first kappa shape index (κ1) is 21.2. The molecule has 2 aromatic rings. The molecule has 1 saturated heterocycles. The average molecular weight is 430 g/mol. The number of benzene rings is 1. The van der Waals surface area contributed by atoms with Crippen molar-refractivity contribution in [3.05, 3.63) is 53.0 Å². The van der Waals surface area contributed by atoms with Gasteiger partial charge in [0.15, 0.2) is 0 Å². The molecule has 162 valence electrons. The summed E-state index contributed by atoms with van der Waals surface area (Å²) in [5.41, 5.74) is 2.95. The molecular formula is C22H31N5O2S. The molecule has 0 aliphatic carbocycles. The molecule has 1 aromatic heterocycles. The Morgan fingerprint density at radius 3 is 2.70 bits per heavy atom. The number of rotatable bonds is 6. The summed E-state index contributed by atoms with van der Waals surface area (Å²) in [6, 6.07) is 9.77. The van der Waals surface area contributed by atoms with Crippen LogP contribution in [0, 0.1) is 0 Å². The largest absolute Gasteiger partial charge is 0.373 e. The Balaban J connectivity index is 1.51. The van der Waals surface area contributed by atoms with Crippen molar-refractivity contribution in [2.45, 2.75) is 38.1 Å². The maximum Gasteiger partial charge on any atom is 0.214 e. The zero-order valence-electron chi connectivity index (χ0n) is 17.8. The normalized spacial score (nSPS) is 20.7. The fourth-order valence-electron chi connectivity index (χ4n) is 4.43. The summed E-state index contributed by atoms with van der Waals surface area (Å²) in [6.07, 6.45) is 3.42. The van der Waals surface area contributed by atoms with Gasteiger partial charge in [-0.1, -0.05) is 30.3 Å². The molecule has 0 unspecified atom stereocenters. The highest BCUT2D eigenvalue weighted by molar-refractivity contribution is 7.89. The lowest BCUT2D eigenvalue weighted by Gasteiger charge is -2.32. The van der Waals surface area contributed by atoms with Gasteiger partial charge in [-0.25, -0.2) is 18.4 Å². The lowest BCUT2D eigenvalue weighted by molar-refractivity contribution is 0.245. The highest BCUT2D eigenvalue weighted by Crippen LogP contribution is 2.30. The van der Waals surface area contributed by atoms with Crippen molar-refractivity contribution in [1.29, 1.82) is 0 Å². The minimum atomic E-state index is -3.34. The quantitative estimate of drug-likeness (QED) is 0.759. The Morgan fingerprint density at radius 2 is 1.97 bits per heavy atom. The molecule has 1 fully saturated rings. The van der Waals surface area contributed by atoms with Crippen LogP contribution < -0.4 is 5.32 Å². The van der Waals surface area contributed by atoms with E-state index in [9.17, 15) is 8.42 Å². The number of piperidine rings is 1. The van der Waals surface area contributed by atoms with Gasteiger partial charge in [0, 0.05) is 44.6 Å². The summed E-state index contributed by atoms with van der Waals surface area (Å²) in [6.45, 7) is 2.92. The van der Waals surface area contributed by atoms with E-state index in [2.05, 4.69) is 17.3 Å². The summed E-state index contributed by atoms with van der Waals surface area (Å²) < 4.78 is 27.5. The number of aromatic nitrogens is 2. The number of anilines is 1. The number of hydrogen-bond acceptors (Lipinski definition) is 6. The van der Waals surface area contributed by atoms with E-state index in [1.165, 1.54) is 0 Å². The van der Waals surface area contributed by atoms with Gasteiger partial charge in [-0.3, -0.25) is 0 Å². The molecule has 0 spiro atoms.